The second-order valence-electron chi connectivity index (χ2n) is 30.0. The Balaban J connectivity index is 0.000000324. The van der Waals surface area contributed by atoms with Gasteiger partial charge in [-0.25, -0.2) is 0 Å². The number of amides is 8. The average Bonchev–Trinajstić information content (AvgIpc) is 1.75. The third-order valence-electron chi connectivity index (χ3n) is 19.9. The molecule has 8 heterocycles. The number of phenols is 8. The van der Waals surface area contributed by atoms with Crippen LogP contribution < -0.4 is 42.5 Å². The third kappa shape index (κ3) is 43.7. The predicted octanol–water partition coefficient (Wildman–Crippen LogP) is 14.2. The molecule has 146 heavy (non-hydrogen) atoms. The van der Waals surface area contributed by atoms with Gasteiger partial charge in [0.2, 0.25) is 0 Å². The van der Waals surface area contributed by atoms with Crippen molar-refractivity contribution in [2.75, 3.05) is 0 Å². The van der Waals surface area contributed by atoms with Gasteiger partial charge in [-0.05, 0) is 190 Å². The van der Waals surface area contributed by atoms with Gasteiger partial charge < -0.3 is 105 Å². The van der Waals surface area contributed by atoms with Gasteiger partial charge >= 0.3 is 0 Å². The standard InChI is InChI=1S/8C8H7NO.8C6H6O.C3H2O3.4H2O/c8*10-8-7-4-2-1-3-6(7)5-9-8;8*7-6-4-2-1-3-5-6;4-1-3(6)2-5;;;;/h8*1-4H,5H2,(H,9,10);8*1-5,7H;1-2H;4*1H2. The summed E-state index contributed by atoms with van der Waals surface area (Å²) in [6.07, 6.45) is -0.0694. The van der Waals surface area contributed by atoms with Gasteiger partial charge in [0.25, 0.3) is 53.0 Å². The Morgan fingerprint density at radius 2 is 0.247 bits per heavy atom. The Morgan fingerprint density at radius 3 is 0.315 bits per heavy atom. The topological polar surface area (TPSA) is 572 Å². The first-order chi connectivity index (χ1) is 69.0. The maximum atomic E-state index is 11.0. The zero-order valence-corrected chi connectivity index (χ0v) is 78.9. The number of nitrogens with one attached hydrogen (secondary N) is 8. The van der Waals surface area contributed by atoms with E-state index in [1.807, 2.05) is 243 Å². The van der Waals surface area contributed by atoms with E-state index in [0.29, 0.717) is 98.4 Å². The molecule has 0 bridgehead atoms. The van der Waals surface area contributed by atoms with E-state index in [2.05, 4.69) is 42.5 Å². The monoisotopic (exact) mass is 1970 g/mol. The van der Waals surface area contributed by atoms with E-state index in [1.54, 1.807) is 194 Å². The molecule has 0 aromatic heterocycles. The molecule has 16 aromatic rings. The van der Waals surface area contributed by atoms with Gasteiger partial charge in [0.05, 0.1) is 0 Å². The van der Waals surface area contributed by atoms with Gasteiger partial charge in [-0.1, -0.05) is 291 Å². The number of hydrogen-bond donors (Lipinski definition) is 16. The Morgan fingerprint density at radius 1 is 0.158 bits per heavy atom. The molecule has 8 amide bonds. The lowest BCUT2D eigenvalue weighted by molar-refractivity contribution is -0.135. The quantitative estimate of drug-likeness (QED) is 0.0434. The molecule has 0 spiro atoms. The Hall–Kier alpha value is -19.5. The zero-order valence-electron chi connectivity index (χ0n) is 78.9. The van der Waals surface area contributed by atoms with Crippen molar-refractivity contribution in [1.29, 1.82) is 0 Å². The number of phenolic OH excluding ortho intramolecular Hbond substituents is 8. The van der Waals surface area contributed by atoms with Crippen LogP contribution in [-0.2, 0) is 66.7 Å². The van der Waals surface area contributed by atoms with E-state index in [9.17, 15) is 43.2 Å². The van der Waals surface area contributed by atoms with Gasteiger partial charge in [0.1, 0.15) is 46.0 Å². The molecule has 16 aromatic carbocycles. The highest BCUT2D eigenvalue weighted by atomic mass is 16.3. The molecule has 0 saturated heterocycles. The second kappa shape index (κ2) is 67.7. The molecule has 24 rings (SSSR count). The van der Waals surface area contributed by atoms with Crippen molar-refractivity contribution < 1.29 is 115 Å². The average molecular weight is 1980 g/mol. The highest BCUT2D eigenvalue weighted by Crippen LogP contribution is 2.21. The summed E-state index contributed by atoms with van der Waals surface area (Å²) >= 11 is 0. The van der Waals surface area contributed by atoms with Crippen LogP contribution in [0.3, 0.4) is 0 Å². The number of carbonyl (C=O) groups is 11. The number of hydrogen-bond acceptors (Lipinski definition) is 19. The van der Waals surface area contributed by atoms with E-state index >= 15 is 0 Å². The number of carbonyl (C=O) groups excluding carboxylic acids is 11. The summed E-state index contributed by atoms with van der Waals surface area (Å²) in [4.78, 5) is 115. The Kier molecular flexibility index (Phi) is 55.1. The highest BCUT2D eigenvalue weighted by molar-refractivity contribution is 6.50. The summed E-state index contributed by atoms with van der Waals surface area (Å²) < 4.78 is 0. The number of fused-ring (bicyclic) bond motifs is 8. The van der Waals surface area contributed by atoms with Crippen molar-refractivity contribution in [1.82, 2.24) is 42.5 Å². The summed E-state index contributed by atoms with van der Waals surface area (Å²) in [7, 11) is 0. The molecule has 0 radical (unpaired) electrons. The molecule has 0 unspecified atom stereocenters. The van der Waals surface area contributed by atoms with Crippen LogP contribution in [0.15, 0.2) is 437 Å². The molecule has 0 atom stereocenters. The fourth-order valence-corrected chi connectivity index (χ4v) is 12.8. The summed E-state index contributed by atoms with van der Waals surface area (Å²) in [5.41, 5.74) is 15.4. The predicted molar refractivity (Wildman–Crippen MR) is 557 cm³/mol. The zero-order chi connectivity index (χ0) is 102. The van der Waals surface area contributed by atoms with E-state index in [1.165, 1.54) is 0 Å². The summed E-state index contributed by atoms with van der Waals surface area (Å²) in [6.45, 7) is 5.52. The first kappa shape index (κ1) is 119. The summed E-state index contributed by atoms with van der Waals surface area (Å²) in [6, 6.07) is 131. The number of aldehydes is 2. The van der Waals surface area contributed by atoms with E-state index in [4.69, 9.17) is 50.4 Å². The third-order valence-corrected chi connectivity index (χ3v) is 19.9. The van der Waals surface area contributed by atoms with Crippen LogP contribution in [0.4, 0.5) is 0 Å². The molecule has 31 heteroatoms. The number of Topliss-reactive ketones (excluding diaryl/α,β-unsaturated/α-hetero) is 1. The van der Waals surface area contributed by atoms with Crippen LogP contribution >= 0.6 is 0 Å². The molecule has 0 saturated carbocycles. The van der Waals surface area contributed by atoms with Gasteiger partial charge in [0.15, 0.2) is 12.6 Å². The lowest BCUT2D eigenvalue weighted by Gasteiger charge is -1.89. The fraction of sp³-hybridized carbons (Fsp3) is 0.0696. The van der Waals surface area contributed by atoms with Crippen LogP contribution in [0.2, 0.25) is 0 Å². The van der Waals surface area contributed by atoms with Crippen molar-refractivity contribution in [3.63, 3.8) is 0 Å². The maximum Gasteiger partial charge on any atom is 0.257 e. The molecule has 24 N–H and O–H groups in total. The van der Waals surface area contributed by atoms with E-state index in [-0.39, 0.29) is 81.7 Å². The molecular formula is C115H114N8O23. The maximum absolute atomic E-state index is 11.0. The molecule has 31 nitrogen and oxygen atoms in total. The lowest BCUT2D eigenvalue weighted by Crippen LogP contribution is -2.12. The smallest absolute Gasteiger partial charge is 0.257 e. The lowest BCUT2D eigenvalue weighted by atomic mass is 10.1. The van der Waals surface area contributed by atoms with E-state index in [0.717, 1.165) is 89.0 Å². The Labute approximate surface area is 843 Å². The largest absolute Gasteiger partial charge is 0.508 e. The number of benzene rings is 16. The van der Waals surface area contributed by atoms with Gasteiger partial charge in [0, 0.05) is 96.9 Å². The molecule has 0 aliphatic carbocycles. The van der Waals surface area contributed by atoms with Crippen LogP contribution in [0.25, 0.3) is 0 Å². The van der Waals surface area contributed by atoms with Crippen LogP contribution in [0.1, 0.15) is 127 Å². The SMILES string of the molecule is O.O.O.O.O=C1NCc2ccccc21.O=C1NCc2ccccc21.O=C1NCc2ccccc21.O=C1NCc2ccccc21.O=C1NCc2ccccc21.O=C1NCc2ccccc21.O=C1NCc2ccccc21.O=C1NCc2ccccc21.O=CC(=O)C=O.Oc1ccccc1.Oc1ccccc1.Oc1ccccc1.Oc1ccccc1.Oc1ccccc1.Oc1ccccc1.Oc1ccccc1.Oc1ccccc1. The van der Waals surface area contributed by atoms with Crippen LogP contribution in [0.5, 0.6) is 46.0 Å². The first-order valence-corrected chi connectivity index (χ1v) is 44.2. The minimum Gasteiger partial charge on any atom is -0.508 e. The number of para-hydroxylation sites is 8. The molecule has 0 fully saturated rings. The minimum atomic E-state index is -1.02. The molecule has 8 aliphatic rings. The number of ketones is 1. The molecule has 752 valence electrons. The molecular weight excluding hydrogens is 1860 g/mol. The fourth-order valence-electron chi connectivity index (χ4n) is 12.8. The normalized spacial score (nSPS) is 11.6. The second-order valence-corrected chi connectivity index (χ2v) is 30.0. The summed E-state index contributed by atoms with van der Waals surface area (Å²) in [5.74, 6) is 1.97. The van der Waals surface area contributed by atoms with Crippen molar-refractivity contribution in [3.05, 3.63) is 526 Å². The van der Waals surface area contributed by atoms with Gasteiger partial charge in [-0.3, -0.25) is 52.7 Å². The van der Waals surface area contributed by atoms with Crippen LogP contribution in [-0.4, -0.2) is 128 Å². The van der Waals surface area contributed by atoms with Crippen molar-refractivity contribution >= 4 is 65.6 Å². The number of rotatable bonds is 2. The van der Waals surface area contributed by atoms with Crippen LogP contribution in [0, 0.1) is 0 Å². The first-order valence-electron chi connectivity index (χ1n) is 44.2. The number of aromatic hydroxyl groups is 8. The van der Waals surface area contributed by atoms with Crippen molar-refractivity contribution in [2.45, 2.75) is 52.4 Å². The Bertz CT molecular complexity index is 5480. The van der Waals surface area contributed by atoms with Crippen molar-refractivity contribution in [3.8, 4) is 46.0 Å². The van der Waals surface area contributed by atoms with Crippen molar-refractivity contribution in [2.24, 2.45) is 0 Å². The molecule has 8 aliphatic heterocycles. The summed E-state index contributed by atoms with van der Waals surface area (Å²) in [5, 5.41) is 91.0. The highest BCUT2D eigenvalue weighted by Gasteiger charge is 2.22. The van der Waals surface area contributed by atoms with E-state index < -0.39 is 5.78 Å². The minimum absolute atomic E-state index is 0. The van der Waals surface area contributed by atoms with Gasteiger partial charge in [-0.15, -0.1) is 0 Å². The van der Waals surface area contributed by atoms with Gasteiger partial charge in [-0.2, -0.15) is 0 Å².